The molecule has 7 heteroatoms. The summed E-state index contributed by atoms with van der Waals surface area (Å²) in [6.45, 7) is 1.56. The van der Waals surface area contributed by atoms with E-state index >= 15 is 0 Å². The van der Waals surface area contributed by atoms with Gasteiger partial charge in [-0.25, -0.2) is 0 Å². The predicted octanol–water partition coefficient (Wildman–Crippen LogP) is 4.60. The lowest BCUT2D eigenvalue weighted by atomic mass is 9.82. The van der Waals surface area contributed by atoms with Crippen LogP contribution in [0.15, 0.2) is 42.5 Å². The monoisotopic (exact) mass is 466 g/mol. The fourth-order valence-corrected chi connectivity index (χ4v) is 5.14. The Labute approximate surface area is 201 Å². The molecule has 2 aromatic rings. The molecule has 4 rings (SSSR count). The number of hydrogen-bond acceptors (Lipinski definition) is 5. The lowest BCUT2D eigenvalue weighted by molar-refractivity contribution is -0.138. The van der Waals surface area contributed by atoms with Gasteiger partial charge in [-0.2, -0.15) is 0 Å². The first-order chi connectivity index (χ1) is 16.6. The van der Waals surface area contributed by atoms with E-state index in [2.05, 4.69) is 0 Å². The van der Waals surface area contributed by atoms with Crippen molar-refractivity contribution >= 4 is 17.5 Å². The molecule has 0 aliphatic carbocycles. The first-order valence-corrected chi connectivity index (χ1v) is 12.0. The van der Waals surface area contributed by atoms with Crippen molar-refractivity contribution in [1.82, 2.24) is 4.90 Å². The molecule has 0 aromatic heterocycles. The molecule has 2 aromatic carbocycles. The van der Waals surface area contributed by atoms with Crippen LogP contribution in [0, 0.1) is 5.92 Å². The van der Waals surface area contributed by atoms with Gasteiger partial charge < -0.3 is 24.0 Å². The van der Waals surface area contributed by atoms with Crippen LogP contribution in [-0.2, 0) is 9.59 Å². The molecule has 2 aliphatic rings. The second kappa shape index (κ2) is 10.8. The normalized spacial score (nSPS) is 21.1. The lowest BCUT2D eigenvalue weighted by Crippen LogP contribution is -2.49. The SMILES string of the molecule is COc1ccc(N2C(=O)CC[C@H](C(=O)N3CCCCCC3)[C@@H]2c2ccc(OC)c(OC)c2)cc1. The predicted molar refractivity (Wildman–Crippen MR) is 131 cm³/mol. The number of benzene rings is 2. The molecule has 182 valence electrons. The van der Waals surface area contributed by atoms with Crippen molar-refractivity contribution in [2.24, 2.45) is 5.92 Å². The number of hydrogen-bond donors (Lipinski definition) is 0. The Hall–Kier alpha value is -3.22. The van der Waals surface area contributed by atoms with Gasteiger partial charge in [0, 0.05) is 25.2 Å². The Bertz CT molecular complexity index is 999. The molecular formula is C27H34N2O5. The number of carbonyl (C=O) groups is 2. The lowest BCUT2D eigenvalue weighted by Gasteiger charge is -2.42. The first-order valence-electron chi connectivity index (χ1n) is 12.0. The van der Waals surface area contributed by atoms with Gasteiger partial charge in [-0.3, -0.25) is 9.59 Å². The van der Waals surface area contributed by atoms with E-state index in [0.717, 1.165) is 50.0 Å². The molecule has 7 nitrogen and oxygen atoms in total. The minimum absolute atomic E-state index is 0.00451. The van der Waals surface area contributed by atoms with Gasteiger partial charge in [0.1, 0.15) is 5.75 Å². The highest BCUT2D eigenvalue weighted by Gasteiger charge is 2.43. The summed E-state index contributed by atoms with van der Waals surface area (Å²) in [4.78, 5) is 31.0. The maximum absolute atomic E-state index is 13.9. The number of piperidine rings is 1. The van der Waals surface area contributed by atoms with Gasteiger partial charge >= 0.3 is 0 Å². The number of likely N-dealkylation sites (tertiary alicyclic amines) is 1. The second-order valence-corrected chi connectivity index (χ2v) is 8.91. The summed E-state index contributed by atoms with van der Waals surface area (Å²) >= 11 is 0. The Balaban J connectivity index is 1.78. The van der Waals surface area contributed by atoms with Crippen molar-refractivity contribution in [3.63, 3.8) is 0 Å². The zero-order chi connectivity index (χ0) is 24.1. The number of nitrogens with zero attached hydrogens (tertiary/aromatic N) is 2. The number of ether oxygens (including phenoxy) is 3. The summed E-state index contributed by atoms with van der Waals surface area (Å²) in [5.74, 6) is 1.70. The topological polar surface area (TPSA) is 68.3 Å². The molecule has 0 spiro atoms. The van der Waals surface area contributed by atoms with Crippen LogP contribution in [0.5, 0.6) is 17.2 Å². The highest BCUT2D eigenvalue weighted by molar-refractivity contribution is 5.97. The minimum atomic E-state index is -0.440. The molecule has 34 heavy (non-hydrogen) atoms. The van der Waals surface area contributed by atoms with Crippen LogP contribution in [0.25, 0.3) is 0 Å². The maximum atomic E-state index is 13.9. The van der Waals surface area contributed by atoms with Gasteiger partial charge in [0.15, 0.2) is 11.5 Å². The van der Waals surface area contributed by atoms with Gasteiger partial charge in [-0.1, -0.05) is 18.9 Å². The summed E-state index contributed by atoms with van der Waals surface area (Å²) in [5, 5.41) is 0. The van der Waals surface area contributed by atoms with E-state index in [1.807, 2.05) is 47.4 Å². The van der Waals surface area contributed by atoms with Gasteiger partial charge in [0.05, 0.1) is 33.3 Å². The average Bonchev–Trinajstić information content (AvgIpc) is 3.17. The van der Waals surface area contributed by atoms with Crippen LogP contribution < -0.4 is 19.1 Å². The molecule has 2 aliphatic heterocycles. The summed E-state index contributed by atoms with van der Waals surface area (Å²) in [6.07, 6.45) is 5.23. The Morgan fingerprint density at radius 1 is 0.853 bits per heavy atom. The van der Waals surface area contributed by atoms with Crippen LogP contribution in [0.1, 0.15) is 50.1 Å². The smallest absolute Gasteiger partial charge is 0.228 e. The van der Waals surface area contributed by atoms with E-state index in [9.17, 15) is 9.59 Å². The minimum Gasteiger partial charge on any atom is -0.497 e. The van der Waals surface area contributed by atoms with E-state index < -0.39 is 6.04 Å². The molecule has 2 heterocycles. The molecule has 2 fully saturated rings. The van der Waals surface area contributed by atoms with E-state index in [-0.39, 0.29) is 17.7 Å². The zero-order valence-corrected chi connectivity index (χ0v) is 20.3. The first kappa shape index (κ1) is 23.9. The fraction of sp³-hybridized carbons (Fsp3) is 0.481. The molecular weight excluding hydrogens is 432 g/mol. The van der Waals surface area contributed by atoms with E-state index in [0.29, 0.717) is 30.1 Å². The quantitative estimate of drug-likeness (QED) is 0.622. The van der Waals surface area contributed by atoms with Gasteiger partial charge in [0.25, 0.3) is 0 Å². The van der Waals surface area contributed by atoms with Crippen molar-refractivity contribution in [3.05, 3.63) is 48.0 Å². The maximum Gasteiger partial charge on any atom is 0.228 e. The van der Waals surface area contributed by atoms with Crippen LogP contribution >= 0.6 is 0 Å². The van der Waals surface area contributed by atoms with E-state index in [4.69, 9.17) is 14.2 Å². The van der Waals surface area contributed by atoms with Crippen LogP contribution in [0.4, 0.5) is 5.69 Å². The third kappa shape index (κ3) is 4.83. The molecule has 0 bridgehead atoms. The number of carbonyl (C=O) groups excluding carboxylic acids is 2. The number of rotatable bonds is 6. The Kier molecular flexibility index (Phi) is 7.60. The summed E-state index contributed by atoms with van der Waals surface area (Å²) in [7, 11) is 4.80. The third-order valence-corrected chi connectivity index (χ3v) is 6.93. The van der Waals surface area contributed by atoms with E-state index in [1.165, 1.54) is 0 Å². The number of methoxy groups -OCH3 is 3. The third-order valence-electron chi connectivity index (χ3n) is 6.93. The van der Waals surface area contributed by atoms with Gasteiger partial charge in [-0.05, 0) is 61.2 Å². The molecule has 0 saturated carbocycles. The summed E-state index contributed by atoms with van der Waals surface area (Å²) in [5.41, 5.74) is 1.61. The molecule has 2 amide bonds. The highest BCUT2D eigenvalue weighted by atomic mass is 16.5. The van der Waals surface area contributed by atoms with Gasteiger partial charge in [0.2, 0.25) is 11.8 Å². The van der Waals surface area contributed by atoms with Crippen molar-refractivity contribution in [1.29, 1.82) is 0 Å². The summed E-state index contributed by atoms with van der Waals surface area (Å²) in [6, 6.07) is 12.7. The molecule has 2 saturated heterocycles. The molecule has 0 unspecified atom stereocenters. The molecule has 2 atom stereocenters. The molecule has 0 N–H and O–H groups in total. The van der Waals surface area contributed by atoms with Crippen molar-refractivity contribution < 1.29 is 23.8 Å². The van der Waals surface area contributed by atoms with Crippen molar-refractivity contribution in [2.75, 3.05) is 39.3 Å². The fourth-order valence-electron chi connectivity index (χ4n) is 5.14. The number of amides is 2. The number of anilines is 1. The summed E-state index contributed by atoms with van der Waals surface area (Å²) < 4.78 is 16.3. The molecule has 0 radical (unpaired) electrons. The zero-order valence-electron chi connectivity index (χ0n) is 20.3. The second-order valence-electron chi connectivity index (χ2n) is 8.91. The van der Waals surface area contributed by atoms with E-state index in [1.54, 1.807) is 26.2 Å². The standard InChI is InChI=1S/C27H34N2O5/c1-32-21-11-9-20(10-12-21)29-25(30)15-13-22(27(31)28-16-6-4-5-7-17-28)26(29)19-8-14-23(33-2)24(18-19)34-3/h8-12,14,18,22,26H,4-7,13,15-17H2,1-3H3/t22-,26-/m0/s1. The van der Waals surface area contributed by atoms with Crippen LogP contribution in [0.3, 0.4) is 0 Å². The van der Waals surface area contributed by atoms with Crippen molar-refractivity contribution in [3.8, 4) is 17.2 Å². The van der Waals surface area contributed by atoms with Crippen molar-refractivity contribution in [2.45, 2.75) is 44.6 Å². The average molecular weight is 467 g/mol. The van der Waals surface area contributed by atoms with Gasteiger partial charge in [-0.15, -0.1) is 0 Å². The Morgan fingerprint density at radius 2 is 1.53 bits per heavy atom. The largest absolute Gasteiger partial charge is 0.497 e. The van der Waals surface area contributed by atoms with Crippen LogP contribution in [-0.4, -0.2) is 51.1 Å². The Morgan fingerprint density at radius 3 is 2.15 bits per heavy atom. The van der Waals surface area contributed by atoms with Crippen LogP contribution in [0.2, 0.25) is 0 Å². The highest BCUT2D eigenvalue weighted by Crippen LogP contribution is 2.43.